The molecule has 1 amide bonds. The summed E-state index contributed by atoms with van der Waals surface area (Å²) in [6, 6.07) is 13.3. The van der Waals surface area contributed by atoms with Crippen molar-refractivity contribution in [3.63, 3.8) is 0 Å². The molecule has 1 aromatic carbocycles. The zero-order valence-corrected chi connectivity index (χ0v) is 15.2. The monoisotopic (exact) mass is 337 g/mol. The number of rotatable bonds is 4. The Bertz CT molecular complexity index is 753. The van der Waals surface area contributed by atoms with Crippen molar-refractivity contribution in [2.45, 2.75) is 39.3 Å². The van der Waals surface area contributed by atoms with E-state index in [1.54, 1.807) is 0 Å². The Balaban J connectivity index is 1.39. The average Bonchev–Trinajstić information content (AvgIpc) is 3.41. The quantitative estimate of drug-likeness (QED) is 0.855. The van der Waals surface area contributed by atoms with Gasteiger partial charge in [-0.2, -0.15) is 0 Å². The van der Waals surface area contributed by atoms with Gasteiger partial charge >= 0.3 is 0 Å². The van der Waals surface area contributed by atoms with E-state index in [1.165, 1.54) is 24.1 Å². The van der Waals surface area contributed by atoms with Crippen molar-refractivity contribution in [3.8, 4) is 0 Å². The molecule has 0 spiro atoms. The molecule has 4 nitrogen and oxygen atoms in total. The second-order valence-electron chi connectivity index (χ2n) is 7.44. The lowest BCUT2D eigenvalue weighted by molar-refractivity contribution is 0.0627. The van der Waals surface area contributed by atoms with Crippen LogP contribution in [-0.2, 0) is 6.54 Å². The molecule has 2 aromatic rings. The lowest BCUT2D eigenvalue weighted by Crippen LogP contribution is -2.48. The number of nitrogens with zero attached hydrogens (tertiary/aromatic N) is 3. The summed E-state index contributed by atoms with van der Waals surface area (Å²) >= 11 is 0. The maximum Gasteiger partial charge on any atom is 0.255 e. The number of hydrogen-bond donors (Lipinski definition) is 0. The molecule has 2 aliphatic rings. The molecule has 0 unspecified atom stereocenters. The Morgan fingerprint density at radius 1 is 1.04 bits per heavy atom. The van der Waals surface area contributed by atoms with Crippen molar-refractivity contribution < 1.29 is 4.79 Å². The molecule has 25 heavy (non-hydrogen) atoms. The van der Waals surface area contributed by atoms with E-state index in [-0.39, 0.29) is 5.91 Å². The van der Waals surface area contributed by atoms with Crippen molar-refractivity contribution in [2.24, 2.45) is 0 Å². The van der Waals surface area contributed by atoms with Crippen LogP contribution in [-0.4, -0.2) is 46.5 Å². The maximum absolute atomic E-state index is 13.0. The second-order valence-corrected chi connectivity index (χ2v) is 7.44. The highest BCUT2D eigenvalue weighted by molar-refractivity contribution is 5.95. The van der Waals surface area contributed by atoms with Gasteiger partial charge in [0.05, 0.1) is 5.56 Å². The summed E-state index contributed by atoms with van der Waals surface area (Å²) in [5.41, 5.74) is 4.62. The number of benzene rings is 1. The molecule has 0 radical (unpaired) electrons. The fourth-order valence-electron chi connectivity index (χ4n) is 4.01. The molecule has 1 aromatic heterocycles. The predicted molar refractivity (Wildman–Crippen MR) is 99.8 cm³/mol. The smallest absolute Gasteiger partial charge is 0.255 e. The van der Waals surface area contributed by atoms with Gasteiger partial charge in [-0.25, -0.2) is 0 Å². The van der Waals surface area contributed by atoms with Crippen LogP contribution in [0.25, 0.3) is 0 Å². The molecular weight excluding hydrogens is 310 g/mol. The standard InChI is InChI=1S/C21H27N3O/c1-16-14-20(17(2)24(16)19-8-9-19)21(25)23-12-10-22(11-13-23)15-18-6-4-3-5-7-18/h3-7,14,19H,8-13,15H2,1-2H3. The van der Waals surface area contributed by atoms with E-state index in [2.05, 4.69) is 59.7 Å². The summed E-state index contributed by atoms with van der Waals surface area (Å²) in [6.07, 6.45) is 2.50. The molecule has 1 saturated heterocycles. The van der Waals surface area contributed by atoms with E-state index in [0.717, 1.165) is 44.0 Å². The first-order valence-corrected chi connectivity index (χ1v) is 9.37. The molecule has 0 N–H and O–H groups in total. The molecule has 0 bridgehead atoms. The van der Waals surface area contributed by atoms with Gasteiger partial charge in [0.2, 0.25) is 0 Å². The largest absolute Gasteiger partial charge is 0.345 e. The first-order valence-electron chi connectivity index (χ1n) is 9.37. The molecule has 2 fully saturated rings. The van der Waals surface area contributed by atoms with E-state index in [0.29, 0.717) is 6.04 Å². The van der Waals surface area contributed by atoms with E-state index >= 15 is 0 Å². The molecule has 132 valence electrons. The first kappa shape index (κ1) is 16.4. The lowest BCUT2D eigenvalue weighted by Gasteiger charge is -2.34. The number of aromatic nitrogens is 1. The van der Waals surface area contributed by atoms with Crippen molar-refractivity contribution in [1.29, 1.82) is 0 Å². The minimum absolute atomic E-state index is 0.208. The van der Waals surface area contributed by atoms with Crippen LogP contribution < -0.4 is 0 Å². The summed E-state index contributed by atoms with van der Waals surface area (Å²) in [4.78, 5) is 17.5. The van der Waals surface area contributed by atoms with E-state index in [4.69, 9.17) is 0 Å². The second kappa shape index (κ2) is 6.68. The Kier molecular flexibility index (Phi) is 4.38. The van der Waals surface area contributed by atoms with Crippen LogP contribution in [0.5, 0.6) is 0 Å². The van der Waals surface area contributed by atoms with Gasteiger partial charge in [0, 0.05) is 50.2 Å². The molecule has 1 saturated carbocycles. The van der Waals surface area contributed by atoms with Gasteiger partial charge in [-0.1, -0.05) is 30.3 Å². The van der Waals surface area contributed by atoms with Crippen LogP contribution >= 0.6 is 0 Å². The first-order chi connectivity index (χ1) is 12.1. The summed E-state index contributed by atoms with van der Waals surface area (Å²) in [5, 5.41) is 0. The topological polar surface area (TPSA) is 28.5 Å². The number of carbonyl (C=O) groups excluding carboxylic acids is 1. The zero-order chi connectivity index (χ0) is 17.4. The van der Waals surface area contributed by atoms with Crippen molar-refractivity contribution in [2.75, 3.05) is 26.2 Å². The Morgan fingerprint density at radius 2 is 1.72 bits per heavy atom. The van der Waals surface area contributed by atoms with Crippen LogP contribution in [0.4, 0.5) is 0 Å². The van der Waals surface area contributed by atoms with Gasteiger partial charge in [-0.15, -0.1) is 0 Å². The normalized spacial score (nSPS) is 18.6. The van der Waals surface area contributed by atoms with Crippen molar-refractivity contribution in [1.82, 2.24) is 14.4 Å². The molecular formula is C21H27N3O. The number of piperazine rings is 1. The number of hydrogen-bond acceptors (Lipinski definition) is 2. The van der Waals surface area contributed by atoms with Gasteiger partial charge in [0.1, 0.15) is 0 Å². The molecule has 4 heteroatoms. The van der Waals surface area contributed by atoms with Gasteiger partial charge < -0.3 is 9.47 Å². The summed E-state index contributed by atoms with van der Waals surface area (Å²) < 4.78 is 2.36. The van der Waals surface area contributed by atoms with E-state index in [1.807, 2.05) is 4.90 Å². The Morgan fingerprint density at radius 3 is 2.36 bits per heavy atom. The molecule has 4 rings (SSSR count). The maximum atomic E-state index is 13.0. The van der Waals surface area contributed by atoms with E-state index < -0.39 is 0 Å². The third-order valence-corrected chi connectivity index (χ3v) is 5.54. The van der Waals surface area contributed by atoms with E-state index in [9.17, 15) is 4.79 Å². The molecule has 0 atom stereocenters. The summed E-state index contributed by atoms with van der Waals surface area (Å²) in [5.74, 6) is 0.208. The highest BCUT2D eigenvalue weighted by atomic mass is 16.2. The summed E-state index contributed by atoms with van der Waals surface area (Å²) in [7, 11) is 0. The average molecular weight is 337 g/mol. The highest BCUT2D eigenvalue weighted by Gasteiger charge is 2.30. The van der Waals surface area contributed by atoms with Crippen LogP contribution in [0.15, 0.2) is 36.4 Å². The molecule has 2 heterocycles. The van der Waals surface area contributed by atoms with Crippen molar-refractivity contribution in [3.05, 3.63) is 58.9 Å². The van der Waals surface area contributed by atoms with Crippen molar-refractivity contribution >= 4 is 5.91 Å². The number of amides is 1. The van der Waals surface area contributed by atoms with Crippen LogP contribution in [0, 0.1) is 13.8 Å². The fraction of sp³-hybridized carbons (Fsp3) is 0.476. The SMILES string of the molecule is Cc1cc(C(=O)N2CCN(Cc3ccccc3)CC2)c(C)n1C1CC1. The van der Waals surface area contributed by atoms with Gasteiger partial charge in [0.25, 0.3) is 5.91 Å². The Labute approximate surface area is 150 Å². The third kappa shape index (κ3) is 3.36. The lowest BCUT2D eigenvalue weighted by atomic mass is 10.1. The van der Waals surface area contributed by atoms with Gasteiger partial charge in [-0.3, -0.25) is 9.69 Å². The van der Waals surface area contributed by atoms with Crippen LogP contribution in [0.3, 0.4) is 0 Å². The van der Waals surface area contributed by atoms with Crippen LogP contribution in [0.2, 0.25) is 0 Å². The number of aryl methyl sites for hydroxylation is 1. The minimum Gasteiger partial charge on any atom is -0.345 e. The predicted octanol–water partition coefficient (Wildman–Crippen LogP) is 3.40. The highest BCUT2D eigenvalue weighted by Crippen LogP contribution is 2.38. The Hall–Kier alpha value is -2.07. The molecule has 1 aliphatic carbocycles. The third-order valence-electron chi connectivity index (χ3n) is 5.54. The van der Waals surface area contributed by atoms with Gasteiger partial charge in [0.15, 0.2) is 0 Å². The van der Waals surface area contributed by atoms with Crippen LogP contribution in [0.1, 0.15) is 46.2 Å². The zero-order valence-electron chi connectivity index (χ0n) is 15.2. The minimum atomic E-state index is 0.208. The number of carbonyl (C=O) groups is 1. The van der Waals surface area contributed by atoms with Gasteiger partial charge in [-0.05, 0) is 38.3 Å². The summed E-state index contributed by atoms with van der Waals surface area (Å²) in [6.45, 7) is 8.73. The molecule has 1 aliphatic heterocycles. The fourth-order valence-corrected chi connectivity index (χ4v) is 4.01.